The van der Waals surface area contributed by atoms with Crippen LogP contribution in [0, 0.1) is 0 Å². The number of aromatic nitrogens is 1. The summed E-state index contributed by atoms with van der Waals surface area (Å²) in [6.07, 6.45) is 8.83. The molecule has 2 aliphatic carbocycles. The summed E-state index contributed by atoms with van der Waals surface area (Å²) >= 11 is 3.25. The second-order valence-electron chi connectivity index (χ2n) is 7.96. The van der Waals surface area contributed by atoms with E-state index in [4.69, 9.17) is 0 Å². The first-order valence-corrected chi connectivity index (χ1v) is 12.1. The second kappa shape index (κ2) is 7.61. The van der Waals surface area contributed by atoms with E-state index < -0.39 is 0 Å². The molecule has 2 amide bonds. The summed E-state index contributed by atoms with van der Waals surface area (Å²) in [5.41, 5.74) is 3.67. The Labute approximate surface area is 178 Å². The Kier molecular flexibility index (Phi) is 4.95. The lowest BCUT2D eigenvalue weighted by molar-refractivity contribution is 0.0963. The van der Waals surface area contributed by atoms with Crippen LogP contribution in [-0.4, -0.2) is 23.4 Å². The fourth-order valence-electron chi connectivity index (χ4n) is 4.86. The Morgan fingerprint density at radius 2 is 1.90 bits per heavy atom. The molecule has 0 radical (unpaired) electrons. The highest BCUT2D eigenvalue weighted by Crippen LogP contribution is 2.40. The number of carbonyl (C=O) groups excluding carboxylic acids is 2. The van der Waals surface area contributed by atoms with Gasteiger partial charge in [-0.1, -0.05) is 12.8 Å². The molecular weight excluding hydrogens is 402 g/mol. The number of hydrogen-bond acceptors (Lipinski definition) is 4. The van der Waals surface area contributed by atoms with Crippen molar-refractivity contribution in [2.75, 3.05) is 12.4 Å². The van der Waals surface area contributed by atoms with Crippen molar-refractivity contribution >= 4 is 49.7 Å². The first-order chi connectivity index (χ1) is 14.2. The summed E-state index contributed by atoms with van der Waals surface area (Å²) in [4.78, 5) is 27.2. The van der Waals surface area contributed by atoms with Crippen LogP contribution in [0.1, 0.15) is 75.9 Å². The molecule has 2 aliphatic rings. The Morgan fingerprint density at radius 3 is 2.69 bits per heavy atom. The van der Waals surface area contributed by atoms with Crippen LogP contribution >= 0.6 is 22.7 Å². The molecule has 3 aromatic heterocycles. The molecule has 0 saturated heterocycles. The van der Waals surface area contributed by atoms with E-state index >= 15 is 0 Å². The zero-order chi connectivity index (χ0) is 20.0. The normalized spacial score (nSPS) is 16.9. The van der Waals surface area contributed by atoms with Gasteiger partial charge in [-0.2, -0.15) is 0 Å². The molecule has 0 aromatic carbocycles. The molecule has 0 spiro atoms. The zero-order valence-electron chi connectivity index (χ0n) is 16.5. The van der Waals surface area contributed by atoms with Crippen molar-refractivity contribution in [1.82, 2.24) is 9.88 Å². The van der Waals surface area contributed by atoms with E-state index in [9.17, 15) is 9.59 Å². The van der Waals surface area contributed by atoms with E-state index in [1.165, 1.54) is 17.7 Å². The highest BCUT2D eigenvalue weighted by Gasteiger charge is 2.29. The van der Waals surface area contributed by atoms with Crippen molar-refractivity contribution in [1.29, 1.82) is 0 Å². The molecule has 5 rings (SSSR count). The quantitative estimate of drug-likeness (QED) is 0.588. The van der Waals surface area contributed by atoms with E-state index in [0.29, 0.717) is 22.3 Å². The van der Waals surface area contributed by atoms with Gasteiger partial charge in [0, 0.05) is 18.0 Å². The van der Waals surface area contributed by atoms with Crippen LogP contribution in [0.3, 0.4) is 0 Å². The Hall–Kier alpha value is -2.12. The summed E-state index contributed by atoms with van der Waals surface area (Å²) in [6, 6.07) is 4.52. The third kappa shape index (κ3) is 3.20. The van der Waals surface area contributed by atoms with E-state index in [1.807, 2.05) is 6.07 Å². The lowest BCUT2D eigenvalue weighted by Gasteiger charge is -2.17. The van der Waals surface area contributed by atoms with Gasteiger partial charge >= 0.3 is 0 Å². The van der Waals surface area contributed by atoms with Crippen molar-refractivity contribution in [3.05, 3.63) is 39.2 Å². The van der Waals surface area contributed by atoms with Crippen LogP contribution in [-0.2, 0) is 12.8 Å². The maximum Gasteiger partial charge on any atom is 0.272 e. The minimum atomic E-state index is -0.107. The molecule has 0 atom stereocenters. The third-order valence-electron chi connectivity index (χ3n) is 6.24. The predicted molar refractivity (Wildman–Crippen MR) is 120 cm³/mol. The van der Waals surface area contributed by atoms with Crippen molar-refractivity contribution in [2.24, 2.45) is 0 Å². The number of rotatable bonds is 4. The van der Waals surface area contributed by atoms with Gasteiger partial charge in [-0.15, -0.1) is 22.7 Å². The predicted octanol–water partition coefficient (Wildman–Crippen LogP) is 5.37. The fraction of sp³-hybridized carbons (Fsp3) is 0.455. The zero-order valence-corrected chi connectivity index (χ0v) is 18.2. The number of nitrogens with zero attached hydrogens (tertiary/aromatic N) is 1. The van der Waals surface area contributed by atoms with Crippen molar-refractivity contribution in [3.63, 3.8) is 0 Å². The van der Waals surface area contributed by atoms with E-state index in [0.717, 1.165) is 54.3 Å². The first kappa shape index (κ1) is 18.9. The minimum absolute atomic E-state index is 0.105. The molecule has 1 saturated carbocycles. The maximum atomic E-state index is 13.4. The number of carbonyl (C=O) groups is 2. The Balaban J connectivity index is 1.53. The largest absolute Gasteiger partial charge is 0.355 e. The molecule has 1 fully saturated rings. The number of fused-ring (bicyclic) bond motifs is 2. The average molecular weight is 428 g/mol. The van der Waals surface area contributed by atoms with Crippen molar-refractivity contribution < 1.29 is 9.59 Å². The number of nitrogens with one attached hydrogen (secondary N) is 2. The van der Waals surface area contributed by atoms with Gasteiger partial charge in [0.2, 0.25) is 0 Å². The van der Waals surface area contributed by atoms with Gasteiger partial charge in [0.25, 0.3) is 11.8 Å². The van der Waals surface area contributed by atoms with Crippen LogP contribution in [0.4, 0.5) is 5.00 Å². The highest BCUT2D eigenvalue weighted by atomic mass is 32.1. The monoisotopic (exact) mass is 427 g/mol. The van der Waals surface area contributed by atoms with Gasteiger partial charge in [0.05, 0.1) is 15.8 Å². The van der Waals surface area contributed by atoms with Gasteiger partial charge in [0.1, 0.15) is 10.7 Å². The molecule has 3 aromatic rings. The summed E-state index contributed by atoms with van der Waals surface area (Å²) in [6.45, 7) is 0. The molecule has 3 heterocycles. The molecule has 29 heavy (non-hydrogen) atoms. The number of aryl methyl sites for hydroxylation is 1. The molecule has 0 unspecified atom stereocenters. The van der Waals surface area contributed by atoms with Crippen molar-refractivity contribution in [3.8, 4) is 0 Å². The van der Waals surface area contributed by atoms with E-state index in [2.05, 4.69) is 26.6 Å². The first-order valence-electron chi connectivity index (χ1n) is 10.4. The minimum Gasteiger partial charge on any atom is -0.355 e. The van der Waals surface area contributed by atoms with Gasteiger partial charge in [-0.3, -0.25) is 9.59 Å². The van der Waals surface area contributed by atoms with Crippen molar-refractivity contribution in [2.45, 2.75) is 57.4 Å². The number of anilines is 1. The second-order valence-corrected chi connectivity index (χ2v) is 10.0. The fourth-order valence-corrected chi connectivity index (χ4v) is 6.95. The van der Waals surface area contributed by atoms with Gasteiger partial charge in [-0.05, 0) is 61.6 Å². The smallest absolute Gasteiger partial charge is 0.272 e. The van der Waals surface area contributed by atoms with Crippen LogP contribution in [0.15, 0.2) is 17.5 Å². The molecular formula is C22H25N3O2S2. The molecule has 7 heteroatoms. The van der Waals surface area contributed by atoms with Gasteiger partial charge in [-0.25, -0.2) is 0 Å². The van der Waals surface area contributed by atoms with Crippen LogP contribution in [0.25, 0.3) is 10.2 Å². The lowest BCUT2D eigenvalue weighted by Crippen LogP contribution is -2.23. The van der Waals surface area contributed by atoms with E-state index in [1.54, 1.807) is 29.7 Å². The summed E-state index contributed by atoms with van der Waals surface area (Å²) < 4.78 is 3.39. The average Bonchev–Trinajstić information content (AvgIpc) is 3.49. The highest BCUT2D eigenvalue weighted by molar-refractivity contribution is 7.17. The number of thiophene rings is 2. The third-order valence-corrected chi connectivity index (χ3v) is 8.30. The standard InChI is InChI=1S/C22H25N3O2S2/c1-23-21(27)19-14-8-4-5-9-17(14)29-22(19)24-20(26)16-12-18-15(10-11-28-18)25(16)13-6-2-3-7-13/h10-13H,2-9H2,1H3,(H,23,27)(H,24,26). The summed E-state index contributed by atoms with van der Waals surface area (Å²) in [5, 5.41) is 8.66. The molecule has 2 N–H and O–H groups in total. The molecule has 5 nitrogen and oxygen atoms in total. The molecule has 0 aliphatic heterocycles. The summed E-state index contributed by atoms with van der Waals surface area (Å²) in [7, 11) is 1.65. The topological polar surface area (TPSA) is 63.1 Å². The van der Waals surface area contributed by atoms with Gasteiger partial charge in [0.15, 0.2) is 0 Å². The van der Waals surface area contributed by atoms with Crippen LogP contribution < -0.4 is 10.6 Å². The van der Waals surface area contributed by atoms with Gasteiger partial charge < -0.3 is 15.2 Å². The SMILES string of the molecule is CNC(=O)c1c(NC(=O)c2cc3sccc3n2C2CCCC2)sc2c1CCCC2. The van der Waals surface area contributed by atoms with Crippen LogP contribution in [0.5, 0.6) is 0 Å². The maximum absolute atomic E-state index is 13.4. The number of hydrogen-bond donors (Lipinski definition) is 2. The molecule has 0 bridgehead atoms. The Morgan fingerprint density at radius 1 is 1.10 bits per heavy atom. The van der Waals surface area contributed by atoms with E-state index in [-0.39, 0.29) is 11.8 Å². The lowest BCUT2D eigenvalue weighted by atomic mass is 9.95. The Bertz CT molecular complexity index is 1090. The summed E-state index contributed by atoms with van der Waals surface area (Å²) in [5.74, 6) is -0.212. The van der Waals surface area contributed by atoms with Crippen LogP contribution in [0.2, 0.25) is 0 Å². The molecule has 152 valence electrons. The number of amides is 2.